The van der Waals surface area contributed by atoms with Gasteiger partial charge >= 0.3 is 0 Å². The van der Waals surface area contributed by atoms with Crippen molar-refractivity contribution in [1.29, 1.82) is 5.26 Å². The van der Waals surface area contributed by atoms with Gasteiger partial charge in [0, 0.05) is 20.3 Å². The molecule has 4 heteroatoms. The van der Waals surface area contributed by atoms with Gasteiger partial charge in [0.15, 0.2) is 0 Å². The van der Waals surface area contributed by atoms with Gasteiger partial charge < -0.3 is 0 Å². The van der Waals surface area contributed by atoms with Crippen molar-refractivity contribution in [2.45, 2.75) is 0 Å². The standard InChI is InChI=1S/C13H7BrFNS/c14-10-6-11(17-8-10)5-9(7-16)12-3-1-2-4-13(12)15/h1-6,8H/b9-5-. The zero-order valence-corrected chi connectivity index (χ0v) is 11.1. The molecule has 0 atom stereocenters. The number of halogens is 2. The van der Waals surface area contributed by atoms with Crippen LogP contribution in [0.4, 0.5) is 4.39 Å². The average molecular weight is 308 g/mol. The van der Waals surface area contributed by atoms with Crippen molar-refractivity contribution in [2.75, 3.05) is 0 Å². The third-order valence-corrected chi connectivity index (χ3v) is 3.80. The zero-order chi connectivity index (χ0) is 12.3. The van der Waals surface area contributed by atoms with E-state index in [0.717, 1.165) is 9.35 Å². The summed E-state index contributed by atoms with van der Waals surface area (Å²) in [6, 6.07) is 10.2. The quantitative estimate of drug-likeness (QED) is 0.737. The maximum Gasteiger partial charge on any atom is 0.131 e. The number of hydrogen-bond acceptors (Lipinski definition) is 2. The molecule has 0 saturated carbocycles. The molecule has 2 rings (SSSR count). The number of rotatable bonds is 2. The Hall–Kier alpha value is -1.44. The van der Waals surface area contributed by atoms with E-state index in [0.29, 0.717) is 11.1 Å². The van der Waals surface area contributed by atoms with Crippen molar-refractivity contribution in [3.63, 3.8) is 0 Å². The molecule has 0 saturated heterocycles. The van der Waals surface area contributed by atoms with E-state index in [9.17, 15) is 4.39 Å². The highest BCUT2D eigenvalue weighted by Crippen LogP contribution is 2.25. The number of nitrogens with zero attached hydrogens (tertiary/aromatic N) is 1. The van der Waals surface area contributed by atoms with Crippen LogP contribution in [0.5, 0.6) is 0 Å². The Bertz CT molecular complexity index is 610. The second kappa shape index (κ2) is 5.26. The predicted molar refractivity (Wildman–Crippen MR) is 71.9 cm³/mol. The highest BCUT2D eigenvalue weighted by molar-refractivity contribution is 9.10. The first-order valence-electron chi connectivity index (χ1n) is 4.81. The van der Waals surface area contributed by atoms with E-state index in [1.165, 1.54) is 17.4 Å². The van der Waals surface area contributed by atoms with E-state index < -0.39 is 0 Å². The van der Waals surface area contributed by atoms with E-state index in [2.05, 4.69) is 15.9 Å². The van der Waals surface area contributed by atoms with Crippen LogP contribution in [0.1, 0.15) is 10.4 Å². The van der Waals surface area contributed by atoms with Crippen molar-refractivity contribution in [3.05, 3.63) is 56.4 Å². The Kier molecular flexibility index (Phi) is 3.72. The molecular weight excluding hydrogens is 301 g/mol. The molecule has 0 aliphatic carbocycles. The van der Waals surface area contributed by atoms with E-state index in [4.69, 9.17) is 5.26 Å². The molecule has 1 aromatic carbocycles. The SMILES string of the molecule is N#C/C(=C/c1cc(Br)cs1)c1ccccc1F. The highest BCUT2D eigenvalue weighted by Gasteiger charge is 2.07. The van der Waals surface area contributed by atoms with Crippen LogP contribution in [0.2, 0.25) is 0 Å². The molecule has 0 radical (unpaired) electrons. The van der Waals surface area contributed by atoms with Gasteiger partial charge in [-0.15, -0.1) is 11.3 Å². The first kappa shape index (κ1) is 12.0. The molecule has 0 fully saturated rings. The lowest BCUT2D eigenvalue weighted by molar-refractivity contribution is 0.624. The minimum absolute atomic E-state index is 0.331. The summed E-state index contributed by atoms with van der Waals surface area (Å²) in [6.45, 7) is 0. The topological polar surface area (TPSA) is 23.8 Å². The van der Waals surface area contributed by atoms with Gasteiger partial charge in [-0.05, 0) is 34.1 Å². The number of hydrogen-bond donors (Lipinski definition) is 0. The summed E-state index contributed by atoms with van der Waals surface area (Å²) in [7, 11) is 0. The third kappa shape index (κ3) is 2.82. The van der Waals surface area contributed by atoms with E-state index in [-0.39, 0.29) is 5.82 Å². The first-order valence-corrected chi connectivity index (χ1v) is 6.48. The molecule has 0 amide bonds. The summed E-state index contributed by atoms with van der Waals surface area (Å²) in [5, 5.41) is 11.0. The van der Waals surface area contributed by atoms with E-state index >= 15 is 0 Å². The van der Waals surface area contributed by atoms with Crippen LogP contribution < -0.4 is 0 Å². The predicted octanol–water partition coefficient (Wildman–Crippen LogP) is 4.71. The molecule has 84 valence electrons. The largest absolute Gasteiger partial charge is 0.206 e. The Labute approximate surface area is 111 Å². The van der Waals surface area contributed by atoms with Crippen LogP contribution in [-0.2, 0) is 0 Å². The molecule has 2 aromatic rings. The molecular formula is C13H7BrFNS. The van der Waals surface area contributed by atoms with Crippen LogP contribution in [0.15, 0.2) is 40.2 Å². The molecule has 1 heterocycles. The number of benzene rings is 1. The third-order valence-electron chi connectivity index (χ3n) is 2.16. The van der Waals surface area contributed by atoms with Gasteiger partial charge in [-0.25, -0.2) is 4.39 Å². The normalized spacial score (nSPS) is 11.2. The number of allylic oxidation sites excluding steroid dienone is 1. The summed E-state index contributed by atoms with van der Waals surface area (Å²) in [4.78, 5) is 0.914. The molecule has 0 spiro atoms. The van der Waals surface area contributed by atoms with Gasteiger partial charge in [-0.3, -0.25) is 0 Å². The minimum Gasteiger partial charge on any atom is -0.206 e. The van der Waals surface area contributed by atoms with Crippen LogP contribution >= 0.6 is 27.3 Å². The fourth-order valence-electron chi connectivity index (χ4n) is 1.40. The average Bonchev–Trinajstić information content (AvgIpc) is 2.73. The Morgan fingerprint density at radius 1 is 1.41 bits per heavy atom. The molecule has 0 aliphatic rings. The lowest BCUT2D eigenvalue weighted by Crippen LogP contribution is -1.86. The fraction of sp³-hybridized carbons (Fsp3) is 0. The van der Waals surface area contributed by atoms with Crippen molar-refractivity contribution in [3.8, 4) is 6.07 Å². The Morgan fingerprint density at radius 2 is 2.18 bits per heavy atom. The highest BCUT2D eigenvalue weighted by atomic mass is 79.9. The second-order valence-corrected chi connectivity index (χ2v) is 5.18. The van der Waals surface area contributed by atoms with E-state index in [1.807, 2.05) is 17.5 Å². The molecule has 0 bridgehead atoms. The molecule has 1 nitrogen and oxygen atoms in total. The monoisotopic (exact) mass is 307 g/mol. The molecule has 0 aliphatic heterocycles. The van der Waals surface area contributed by atoms with Gasteiger partial charge in [0.05, 0.1) is 11.6 Å². The van der Waals surface area contributed by atoms with Gasteiger partial charge in [0.1, 0.15) is 5.82 Å². The van der Waals surface area contributed by atoms with Crippen molar-refractivity contribution < 1.29 is 4.39 Å². The summed E-state index contributed by atoms with van der Waals surface area (Å²) in [5.41, 5.74) is 0.664. The fourth-order valence-corrected chi connectivity index (χ4v) is 2.77. The summed E-state index contributed by atoms with van der Waals surface area (Å²) < 4.78 is 14.5. The molecule has 17 heavy (non-hydrogen) atoms. The van der Waals surface area contributed by atoms with Crippen molar-refractivity contribution >= 4 is 38.9 Å². The van der Waals surface area contributed by atoms with Crippen LogP contribution in [0, 0.1) is 17.1 Å². The van der Waals surface area contributed by atoms with Crippen LogP contribution in [0.3, 0.4) is 0 Å². The zero-order valence-electron chi connectivity index (χ0n) is 8.65. The lowest BCUT2D eigenvalue weighted by atomic mass is 10.1. The summed E-state index contributed by atoms with van der Waals surface area (Å²) in [6.07, 6.45) is 1.69. The molecule has 1 aromatic heterocycles. The van der Waals surface area contributed by atoms with Gasteiger partial charge in [0.2, 0.25) is 0 Å². The Morgan fingerprint density at radius 3 is 2.76 bits per heavy atom. The maximum absolute atomic E-state index is 13.5. The smallest absolute Gasteiger partial charge is 0.131 e. The minimum atomic E-state index is -0.379. The van der Waals surface area contributed by atoms with E-state index in [1.54, 1.807) is 24.3 Å². The number of nitriles is 1. The Balaban J connectivity index is 2.45. The van der Waals surface area contributed by atoms with Crippen molar-refractivity contribution in [1.82, 2.24) is 0 Å². The van der Waals surface area contributed by atoms with Gasteiger partial charge in [-0.2, -0.15) is 5.26 Å². The van der Waals surface area contributed by atoms with Gasteiger partial charge in [0.25, 0.3) is 0 Å². The van der Waals surface area contributed by atoms with Crippen LogP contribution in [0.25, 0.3) is 11.6 Å². The maximum atomic E-state index is 13.5. The summed E-state index contributed by atoms with van der Waals surface area (Å²) in [5.74, 6) is -0.379. The molecule has 0 unspecified atom stereocenters. The van der Waals surface area contributed by atoms with Crippen molar-refractivity contribution in [2.24, 2.45) is 0 Å². The first-order chi connectivity index (χ1) is 8.20. The van der Waals surface area contributed by atoms with Gasteiger partial charge in [-0.1, -0.05) is 18.2 Å². The number of thiophene rings is 1. The molecule has 0 N–H and O–H groups in total. The summed E-state index contributed by atoms with van der Waals surface area (Å²) >= 11 is 4.84. The second-order valence-electron chi connectivity index (χ2n) is 3.32. The lowest BCUT2D eigenvalue weighted by Gasteiger charge is -1.99. The van der Waals surface area contributed by atoms with Crippen LogP contribution in [-0.4, -0.2) is 0 Å².